The molecule has 0 nitrogen and oxygen atoms in total. The minimum absolute atomic E-state index is 0.340. The molecule has 21 heavy (non-hydrogen) atoms. The highest BCUT2D eigenvalue weighted by Gasteiger charge is 2.32. The predicted molar refractivity (Wildman–Crippen MR) is 114 cm³/mol. The van der Waals surface area contributed by atoms with E-state index >= 15 is 0 Å². The van der Waals surface area contributed by atoms with Crippen LogP contribution in [0.3, 0.4) is 0 Å². The Labute approximate surface area is 156 Å². The van der Waals surface area contributed by atoms with Crippen molar-refractivity contribution in [3.8, 4) is 0 Å². The fourth-order valence-corrected chi connectivity index (χ4v) is 5.62. The zero-order valence-corrected chi connectivity index (χ0v) is 19.7. The smallest absolute Gasteiger partial charge is 0.0212 e. The molecule has 0 aliphatic heterocycles. The van der Waals surface area contributed by atoms with Crippen LogP contribution in [0.25, 0.3) is 0 Å². The Hall–Kier alpha value is 1.43. The summed E-state index contributed by atoms with van der Waals surface area (Å²) in [7, 11) is 4.18. The summed E-state index contributed by atoms with van der Waals surface area (Å²) in [6.07, 6.45) is 3.85. The second-order valence-electron chi connectivity index (χ2n) is 9.53. The van der Waals surface area contributed by atoms with Crippen molar-refractivity contribution >= 4 is 44.2 Å². The van der Waals surface area contributed by atoms with Gasteiger partial charge >= 0.3 is 0 Å². The number of hydrogen-bond donors (Lipinski definition) is 0. The van der Waals surface area contributed by atoms with Crippen LogP contribution in [0.15, 0.2) is 0 Å². The van der Waals surface area contributed by atoms with Gasteiger partial charge in [-0.15, -0.1) is 0 Å². The summed E-state index contributed by atoms with van der Waals surface area (Å²) >= 11 is 2.57. The van der Waals surface area contributed by atoms with Gasteiger partial charge in [0.25, 0.3) is 0 Å². The van der Waals surface area contributed by atoms with Crippen LogP contribution in [0.1, 0.15) is 88.5 Å². The molecule has 0 aromatic rings. The third-order valence-corrected chi connectivity index (χ3v) is 9.87. The van der Waals surface area contributed by atoms with Gasteiger partial charge in [-0.2, -0.15) is 0 Å². The van der Waals surface area contributed by atoms with Crippen molar-refractivity contribution in [3.63, 3.8) is 0 Å². The maximum Gasteiger partial charge on any atom is 0.0212 e. The maximum absolute atomic E-state index is 2.57. The van der Waals surface area contributed by atoms with Gasteiger partial charge in [-0.05, 0) is 57.8 Å². The molecule has 0 aliphatic rings. The Balaban J connectivity index is 4.43. The van der Waals surface area contributed by atoms with Crippen molar-refractivity contribution in [2.75, 3.05) is 0 Å². The highest BCUT2D eigenvalue weighted by Crippen LogP contribution is 2.50. The molecule has 0 saturated carbocycles. The van der Waals surface area contributed by atoms with E-state index in [0.717, 1.165) is 3.92 Å². The first kappa shape index (κ1) is 22.4. The molecule has 0 fully saturated rings. The lowest BCUT2D eigenvalue weighted by Crippen LogP contribution is -2.27. The van der Waals surface area contributed by atoms with Crippen LogP contribution in [-0.4, -0.2) is 13.4 Å². The van der Waals surface area contributed by atoms with Crippen molar-refractivity contribution in [3.05, 3.63) is 0 Å². The largest absolute Gasteiger partial charge is 0.0873 e. The molecule has 3 heteroatoms. The molecule has 0 radical (unpaired) electrons. The average Bonchev–Trinajstić information content (AvgIpc) is 2.21. The van der Waals surface area contributed by atoms with E-state index in [1.807, 2.05) is 0 Å². The van der Waals surface area contributed by atoms with Gasteiger partial charge < -0.3 is 0 Å². The van der Waals surface area contributed by atoms with E-state index in [0.29, 0.717) is 20.3 Å². The minimum Gasteiger partial charge on any atom is -0.0873 e. The summed E-state index contributed by atoms with van der Waals surface area (Å²) in [4.78, 5) is 0. The molecule has 0 aromatic heterocycles. The average molecular weight is 445 g/mol. The Morgan fingerprint density at radius 3 is 1.57 bits per heavy atom. The van der Waals surface area contributed by atoms with Gasteiger partial charge in [0, 0.05) is 13.4 Å². The van der Waals surface area contributed by atoms with Gasteiger partial charge in [0.1, 0.15) is 0 Å². The highest BCUT2D eigenvalue weighted by molar-refractivity contribution is 14.1. The zero-order chi connectivity index (χ0) is 17.1. The van der Waals surface area contributed by atoms with Crippen LogP contribution in [0.5, 0.6) is 0 Å². The van der Waals surface area contributed by atoms with E-state index in [1.165, 1.54) is 19.3 Å². The van der Waals surface area contributed by atoms with Crippen molar-refractivity contribution in [2.45, 2.75) is 102 Å². The molecule has 0 bridgehead atoms. The maximum atomic E-state index is 2.57. The standard InChI is InChI=1S/C18H37IS2/c1-14(19)16(5,6)11-12-17(7,8)20-21-18(9,10)13-15(2,3)4/h14H,11-13H2,1-10H3. The van der Waals surface area contributed by atoms with E-state index in [-0.39, 0.29) is 0 Å². The monoisotopic (exact) mass is 444 g/mol. The van der Waals surface area contributed by atoms with Crippen molar-refractivity contribution in [1.29, 1.82) is 0 Å². The molecule has 0 aromatic carbocycles. The first-order valence-corrected chi connectivity index (χ1v) is 11.5. The lowest BCUT2D eigenvalue weighted by Gasteiger charge is -2.36. The Morgan fingerprint density at radius 2 is 1.19 bits per heavy atom. The quantitative estimate of drug-likeness (QED) is 0.211. The molecule has 0 heterocycles. The lowest BCUT2D eigenvalue weighted by molar-refractivity contribution is 0.319. The SMILES string of the molecule is CC(I)C(C)(C)CCC(C)(C)SSC(C)(C)CC(C)(C)C. The molecule has 128 valence electrons. The van der Waals surface area contributed by atoms with E-state index in [9.17, 15) is 0 Å². The number of alkyl halides is 1. The second kappa shape index (κ2) is 8.00. The van der Waals surface area contributed by atoms with Crippen LogP contribution in [0.2, 0.25) is 0 Å². The van der Waals surface area contributed by atoms with Gasteiger partial charge in [0.15, 0.2) is 0 Å². The van der Waals surface area contributed by atoms with E-state index in [2.05, 4.69) is 113 Å². The molecule has 0 spiro atoms. The van der Waals surface area contributed by atoms with Gasteiger partial charge in [0.05, 0.1) is 0 Å². The Morgan fingerprint density at radius 1 is 0.762 bits per heavy atom. The molecule has 1 unspecified atom stereocenters. The van der Waals surface area contributed by atoms with Crippen LogP contribution < -0.4 is 0 Å². The molecular weight excluding hydrogens is 407 g/mol. The third-order valence-electron chi connectivity index (χ3n) is 3.90. The van der Waals surface area contributed by atoms with Crippen LogP contribution in [0, 0.1) is 10.8 Å². The predicted octanol–water partition coefficient (Wildman–Crippen LogP) is 7.99. The molecule has 0 amide bonds. The summed E-state index contributed by atoms with van der Waals surface area (Å²) in [5, 5.41) is 0. The molecule has 0 rings (SSSR count). The lowest BCUT2D eigenvalue weighted by atomic mass is 9.83. The summed E-state index contributed by atoms with van der Waals surface area (Å²) < 4.78 is 1.41. The molecule has 1 atom stereocenters. The Bertz CT molecular complexity index is 312. The van der Waals surface area contributed by atoms with Crippen molar-refractivity contribution < 1.29 is 0 Å². The van der Waals surface area contributed by atoms with Crippen LogP contribution in [-0.2, 0) is 0 Å². The minimum atomic E-state index is 0.340. The van der Waals surface area contributed by atoms with Gasteiger partial charge in [0.2, 0.25) is 0 Å². The van der Waals surface area contributed by atoms with E-state index < -0.39 is 0 Å². The first-order chi connectivity index (χ1) is 9.06. The molecule has 0 aliphatic carbocycles. The highest BCUT2D eigenvalue weighted by atomic mass is 127. The fourth-order valence-electron chi connectivity index (χ4n) is 2.40. The number of rotatable bonds is 8. The van der Waals surface area contributed by atoms with Gasteiger partial charge in [-0.3, -0.25) is 0 Å². The van der Waals surface area contributed by atoms with E-state index in [1.54, 1.807) is 0 Å². The van der Waals surface area contributed by atoms with E-state index in [4.69, 9.17) is 0 Å². The van der Waals surface area contributed by atoms with Crippen LogP contribution in [0.4, 0.5) is 0 Å². The summed E-state index contributed by atoms with van der Waals surface area (Å²) in [5.74, 6) is 0. The van der Waals surface area contributed by atoms with Crippen LogP contribution >= 0.6 is 44.2 Å². The van der Waals surface area contributed by atoms with Crippen molar-refractivity contribution in [2.24, 2.45) is 10.8 Å². The third kappa shape index (κ3) is 10.8. The summed E-state index contributed by atoms with van der Waals surface area (Å²) in [5.41, 5.74) is 0.837. The number of hydrogen-bond acceptors (Lipinski definition) is 2. The molecule has 0 saturated heterocycles. The van der Waals surface area contributed by atoms with Gasteiger partial charge in [-0.1, -0.05) is 85.7 Å². The molecule has 0 N–H and O–H groups in total. The fraction of sp³-hybridized carbons (Fsp3) is 1.00. The zero-order valence-electron chi connectivity index (χ0n) is 15.9. The second-order valence-corrected chi connectivity index (χ2v) is 14.9. The summed E-state index contributed by atoms with van der Waals surface area (Å²) in [6, 6.07) is 0. The van der Waals surface area contributed by atoms with Crippen molar-refractivity contribution in [1.82, 2.24) is 0 Å². The normalized spacial score (nSPS) is 16.1. The number of halogens is 1. The van der Waals surface area contributed by atoms with Gasteiger partial charge in [-0.25, -0.2) is 0 Å². The molecular formula is C18H37IS2. The topological polar surface area (TPSA) is 0 Å². The summed E-state index contributed by atoms with van der Waals surface area (Å²) in [6.45, 7) is 23.8. The first-order valence-electron chi connectivity index (χ1n) is 8.07. The Kier molecular flexibility index (Phi) is 8.55.